The molecule has 1 aromatic rings. The number of unbranched alkanes of at least 4 members (excludes halogenated alkanes) is 2. The van der Waals surface area contributed by atoms with Crippen LogP contribution in [0.15, 0.2) is 18.2 Å². The van der Waals surface area contributed by atoms with Gasteiger partial charge in [-0.15, -0.1) is 0 Å². The molecule has 0 unspecified atom stereocenters. The molecule has 0 bridgehead atoms. The molecule has 480 valence electrons. The maximum atomic E-state index is 13.2. The van der Waals surface area contributed by atoms with Crippen LogP contribution >= 0.6 is 0 Å². The summed E-state index contributed by atoms with van der Waals surface area (Å²) in [5.41, 5.74) is 0.327. The fourth-order valence-electron chi connectivity index (χ4n) is 7.35. The fourth-order valence-corrected chi connectivity index (χ4v) is 7.35. The minimum absolute atomic E-state index is 0.0575. The van der Waals surface area contributed by atoms with Gasteiger partial charge in [-0.25, -0.2) is 10.7 Å². The van der Waals surface area contributed by atoms with Gasteiger partial charge in [0, 0.05) is 39.3 Å². The number of esters is 1. The minimum Gasteiger partial charge on any atom is -0.479 e. The molecule has 0 radical (unpaired) electrons. The molecule has 6 atom stereocenters. The highest BCUT2D eigenvalue weighted by Crippen LogP contribution is 2.28. The summed E-state index contributed by atoms with van der Waals surface area (Å²) in [5, 5.41) is 48.6. The van der Waals surface area contributed by atoms with Crippen molar-refractivity contribution in [1.82, 2.24) is 16.0 Å². The van der Waals surface area contributed by atoms with Gasteiger partial charge in [-0.2, -0.15) is 0 Å². The predicted octanol–water partition coefficient (Wildman–Crippen LogP) is -0.808. The zero-order valence-corrected chi connectivity index (χ0v) is 48.4. The molecule has 0 spiro atoms. The van der Waals surface area contributed by atoms with Gasteiger partial charge in [0.1, 0.15) is 43.9 Å². The Labute approximate surface area is 486 Å². The Morgan fingerprint density at radius 2 is 1.04 bits per heavy atom. The lowest BCUT2D eigenvalue weighted by Crippen LogP contribution is -2.61. The highest BCUT2D eigenvalue weighted by molar-refractivity contribution is 5.97. The van der Waals surface area contributed by atoms with Crippen LogP contribution in [0.2, 0.25) is 0 Å². The average Bonchev–Trinajstić information content (AvgIpc) is 3.58. The summed E-state index contributed by atoms with van der Waals surface area (Å²) < 4.78 is 81.7. The first-order valence-electron chi connectivity index (χ1n) is 28.3. The first-order valence-corrected chi connectivity index (χ1v) is 28.3. The van der Waals surface area contributed by atoms with E-state index in [0.717, 1.165) is 45.1 Å². The number of amides is 3. The molecule has 1 saturated heterocycles. The topological polar surface area (TPSA) is 376 Å². The van der Waals surface area contributed by atoms with Crippen LogP contribution in [0.1, 0.15) is 74.7 Å². The van der Waals surface area contributed by atoms with E-state index in [0.29, 0.717) is 124 Å². The number of carbonyl (C=O) groups is 5. The molecular formula is C54H94N4O25. The van der Waals surface area contributed by atoms with Gasteiger partial charge in [0.15, 0.2) is 6.10 Å². The Hall–Kier alpha value is -4.35. The van der Waals surface area contributed by atoms with Crippen LogP contribution in [-0.4, -0.2) is 265 Å². The number of nitrogens with one attached hydrogen (secondary N) is 3. The Bertz CT molecular complexity index is 1830. The largest absolute Gasteiger partial charge is 0.479 e. The molecule has 1 heterocycles. The van der Waals surface area contributed by atoms with Gasteiger partial charge < -0.3 is 112 Å². The van der Waals surface area contributed by atoms with Gasteiger partial charge in [-0.1, -0.05) is 13.0 Å². The smallest absolute Gasteiger partial charge is 0.335 e. The second-order valence-electron chi connectivity index (χ2n) is 18.4. The molecule has 1 fully saturated rings. The Morgan fingerprint density at radius 1 is 0.554 bits per heavy atom. The lowest BCUT2D eigenvalue weighted by molar-refractivity contribution is -0.271. The van der Waals surface area contributed by atoms with E-state index < -0.39 is 48.6 Å². The molecule has 0 saturated carbocycles. The van der Waals surface area contributed by atoms with Crippen LogP contribution in [-0.2, 0) is 96.9 Å². The average molecular weight is 1200 g/mol. The molecule has 1 aliphatic heterocycles. The summed E-state index contributed by atoms with van der Waals surface area (Å²) in [6.45, 7) is 12.2. The van der Waals surface area contributed by atoms with E-state index in [1.165, 1.54) is 25.1 Å². The van der Waals surface area contributed by atoms with Crippen molar-refractivity contribution >= 4 is 29.7 Å². The number of hydrogen-bond acceptors (Lipinski definition) is 25. The fraction of sp³-hybridized carbons (Fsp3) is 0.796. The third-order valence-corrected chi connectivity index (χ3v) is 11.6. The zero-order valence-electron chi connectivity index (χ0n) is 48.4. The van der Waals surface area contributed by atoms with Crippen molar-refractivity contribution in [2.45, 2.75) is 102 Å². The lowest BCUT2D eigenvalue weighted by atomic mass is 9.99. The van der Waals surface area contributed by atoms with Crippen molar-refractivity contribution in [2.24, 2.45) is 5.90 Å². The van der Waals surface area contributed by atoms with Gasteiger partial charge in [-0.05, 0) is 62.6 Å². The number of carboxylic acids is 1. The number of hydrogen-bond donors (Lipinski definition) is 8. The molecule has 9 N–H and O–H groups in total. The summed E-state index contributed by atoms with van der Waals surface area (Å²) >= 11 is 0. The maximum Gasteiger partial charge on any atom is 0.335 e. The summed E-state index contributed by atoms with van der Waals surface area (Å²) in [4.78, 5) is 65.7. The summed E-state index contributed by atoms with van der Waals surface area (Å²) in [6.07, 6.45) is -3.77. The minimum atomic E-state index is -1.94. The van der Waals surface area contributed by atoms with Crippen molar-refractivity contribution in [3.63, 3.8) is 0 Å². The molecule has 0 aliphatic carbocycles. The number of aliphatic hydroxyl groups excluding tert-OH is 3. The van der Waals surface area contributed by atoms with Crippen LogP contribution in [0.4, 0.5) is 0 Å². The van der Waals surface area contributed by atoms with E-state index in [4.69, 9.17) is 76.9 Å². The van der Waals surface area contributed by atoms with Gasteiger partial charge in [-0.3, -0.25) is 19.2 Å². The van der Waals surface area contributed by atoms with Gasteiger partial charge in [0.25, 0.3) is 5.91 Å². The maximum absolute atomic E-state index is 13.2. The van der Waals surface area contributed by atoms with E-state index in [2.05, 4.69) is 27.7 Å². The standard InChI is InChI=1S/C54H94N4O25/c1-3-14-68-17-20-71-23-25-73-28-30-76-32-34-79-40-47(61)58-43(9-5-7-15-69-18-21-77-35-36-81-55)8-4-6-12-56-46(60)39-78-33-31-75-29-27-74-26-24-72-22-19-70-16-13-57-52(65)44-37-42(38-80-41(2)59)10-11-45(44)82-54-50(64)48(62)49(63)51(83-54)53(66)67/h10-11,37,43,48-51,54,62-64H,3-9,12-36,38-40,55H2,1-2H3,(H,56,60)(H,57,65)(H,58,61)(H,66,67)/t43-,48-,49-,50+,51-,54+/m0/s1. The van der Waals surface area contributed by atoms with Crippen LogP contribution < -0.4 is 26.6 Å². The second kappa shape index (κ2) is 50.9. The normalized spacial score (nSPS) is 17.3. The van der Waals surface area contributed by atoms with Crippen molar-refractivity contribution in [1.29, 1.82) is 0 Å². The van der Waals surface area contributed by atoms with Crippen molar-refractivity contribution < 1.29 is 120 Å². The van der Waals surface area contributed by atoms with E-state index in [-0.39, 0.29) is 95.2 Å². The molecule has 29 heteroatoms. The van der Waals surface area contributed by atoms with E-state index in [1.807, 2.05) is 0 Å². The highest BCUT2D eigenvalue weighted by atomic mass is 16.7. The lowest BCUT2D eigenvalue weighted by Gasteiger charge is -2.38. The number of aliphatic carboxylic acids is 1. The van der Waals surface area contributed by atoms with E-state index in [9.17, 15) is 44.4 Å². The number of rotatable bonds is 56. The SMILES string of the molecule is CCCOCCOCCOCCOCCOCC(=O)N[C@@H](CCCCNC(=O)COCCOCCOCCOCCOCCNC(=O)c1cc(COC(C)=O)ccc1O[C@@H]1O[C@H](C(=O)O)[C@@H](O)[C@H](O)[C@H]1O)CCCCOCCOCCON. The third kappa shape index (κ3) is 39.1. The van der Waals surface area contributed by atoms with Crippen LogP contribution in [0.25, 0.3) is 0 Å². The molecule has 1 aromatic carbocycles. The zero-order chi connectivity index (χ0) is 60.4. The van der Waals surface area contributed by atoms with Crippen LogP contribution in [0, 0.1) is 0 Å². The van der Waals surface area contributed by atoms with Gasteiger partial charge in [0.2, 0.25) is 18.1 Å². The summed E-state index contributed by atoms with van der Waals surface area (Å²) in [5.74, 6) is 1.58. The van der Waals surface area contributed by atoms with Crippen molar-refractivity contribution in [3.8, 4) is 5.75 Å². The van der Waals surface area contributed by atoms with E-state index in [1.54, 1.807) is 0 Å². The van der Waals surface area contributed by atoms with Crippen molar-refractivity contribution in [3.05, 3.63) is 29.3 Å². The molecular weight excluding hydrogens is 1100 g/mol. The Kier molecular flexibility index (Phi) is 45.9. The molecule has 1 aliphatic rings. The number of nitrogens with two attached hydrogens (primary N) is 1. The predicted molar refractivity (Wildman–Crippen MR) is 292 cm³/mol. The highest BCUT2D eigenvalue weighted by Gasteiger charge is 2.48. The molecule has 3 amide bonds. The van der Waals surface area contributed by atoms with Crippen LogP contribution in [0.3, 0.4) is 0 Å². The summed E-state index contributed by atoms with van der Waals surface area (Å²) in [6, 6.07) is 4.09. The number of ether oxygens (including phenoxy) is 15. The monoisotopic (exact) mass is 1200 g/mol. The number of carbonyl (C=O) groups excluding carboxylic acids is 4. The Morgan fingerprint density at radius 3 is 1.55 bits per heavy atom. The number of aliphatic hydroxyl groups is 3. The quantitative estimate of drug-likeness (QED) is 0.0225. The molecule has 2 rings (SSSR count). The second-order valence-corrected chi connectivity index (χ2v) is 18.4. The number of carboxylic acid groups (broad SMARTS) is 1. The van der Waals surface area contributed by atoms with Crippen LogP contribution in [0.5, 0.6) is 5.75 Å². The molecule has 83 heavy (non-hydrogen) atoms. The van der Waals surface area contributed by atoms with E-state index >= 15 is 0 Å². The van der Waals surface area contributed by atoms with Gasteiger partial charge in [0.05, 0.1) is 144 Å². The molecule has 29 nitrogen and oxygen atoms in total. The first kappa shape index (κ1) is 74.7. The molecule has 0 aromatic heterocycles. The van der Waals surface area contributed by atoms with Gasteiger partial charge >= 0.3 is 11.9 Å². The van der Waals surface area contributed by atoms with Crippen molar-refractivity contribution in [2.75, 3.05) is 178 Å². The summed E-state index contributed by atoms with van der Waals surface area (Å²) in [7, 11) is 0. The Balaban J connectivity index is 1.52. The number of benzene rings is 1. The third-order valence-electron chi connectivity index (χ3n) is 11.6. The first-order chi connectivity index (χ1) is 40.4.